The fourth-order valence-corrected chi connectivity index (χ4v) is 5.14. The monoisotopic (exact) mass is 702 g/mol. The Balaban J connectivity index is 0.000000320. The second-order valence-electron chi connectivity index (χ2n) is 11.1. The van der Waals surface area contributed by atoms with Crippen molar-refractivity contribution in [1.29, 1.82) is 0 Å². The number of rotatable bonds is 8. The van der Waals surface area contributed by atoms with E-state index < -0.39 is 149 Å². The first-order valence-corrected chi connectivity index (χ1v) is 14.2. The zero-order valence-electron chi connectivity index (χ0n) is 24.5. The molecule has 0 aromatic carbocycles. The van der Waals surface area contributed by atoms with Gasteiger partial charge in [-0.15, -0.1) is 0 Å². The molecule has 23 heteroatoms. The Hall–Kier alpha value is -0.920. The molecule has 0 radical (unpaired) electrons. The summed E-state index contributed by atoms with van der Waals surface area (Å²) in [6.45, 7) is -2.69. The van der Waals surface area contributed by atoms with Crippen molar-refractivity contribution in [3.8, 4) is 0 Å². The molecule has 0 bridgehead atoms. The lowest BCUT2D eigenvalue weighted by atomic mass is 9.97. The molecule has 0 aromatic rings. The van der Waals surface area contributed by atoms with Crippen LogP contribution in [0, 0.1) is 0 Å². The molecular weight excluding hydrogens is 656 g/mol. The summed E-state index contributed by atoms with van der Waals surface area (Å²) in [5, 5.41) is 153. The van der Waals surface area contributed by atoms with Crippen molar-refractivity contribution in [3.05, 3.63) is 0 Å². The molecule has 4 heterocycles. The molecule has 47 heavy (non-hydrogen) atoms. The third-order valence-electron chi connectivity index (χ3n) is 7.96. The van der Waals surface area contributed by atoms with Crippen LogP contribution in [0.25, 0.3) is 0 Å². The van der Waals surface area contributed by atoms with Gasteiger partial charge < -0.3 is 116 Å². The van der Waals surface area contributed by atoms with Crippen LogP contribution < -0.4 is 0 Å². The van der Waals surface area contributed by atoms with Gasteiger partial charge in [-0.2, -0.15) is 0 Å². The summed E-state index contributed by atoms with van der Waals surface area (Å²) in [7, 11) is 0. The first kappa shape index (κ1) is 42.2. The van der Waals surface area contributed by atoms with Gasteiger partial charge in [0.05, 0.1) is 26.4 Å². The lowest BCUT2D eigenvalue weighted by Crippen LogP contribution is -2.64. The summed E-state index contributed by atoms with van der Waals surface area (Å²) in [5.41, 5.74) is 0. The summed E-state index contributed by atoms with van der Waals surface area (Å²) >= 11 is 0. The average Bonchev–Trinajstić information content (AvgIpc) is 3.05. The Morgan fingerprint density at radius 1 is 0.340 bits per heavy atom. The van der Waals surface area contributed by atoms with Crippen molar-refractivity contribution in [1.82, 2.24) is 0 Å². The van der Waals surface area contributed by atoms with Crippen LogP contribution in [0.4, 0.5) is 0 Å². The Labute approximate surface area is 265 Å². The van der Waals surface area contributed by atoms with E-state index in [1.165, 1.54) is 0 Å². The lowest BCUT2D eigenvalue weighted by Gasteiger charge is -2.45. The Bertz CT molecular complexity index is 827. The second kappa shape index (κ2) is 18.4. The van der Waals surface area contributed by atoms with E-state index in [1.807, 2.05) is 0 Å². The van der Waals surface area contributed by atoms with E-state index in [0.717, 1.165) is 0 Å². The maximum Gasteiger partial charge on any atom is 0.187 e. The smallest absolute Gasteiger partial charge is 0.187 e. The van der Waals surface area contributed by atoms with Crippen LogP contribution in [0.15, 0.2) is 0 Å². The zero-order chi connectivity index (χ0) is 34.6. The summed E-state index contributed by atoms with van der Waals surface area (Å²) in [4.78, 5) is 0. The van der Waals surface area contributed by atoms with Crippen molar-refractivity contribution in [3.63, 3.8) is 0 Å². The Kier molecular flexibility index (Phi) is 16.5. The molecule has 280 valence electrons. The normalized spacial score (nSPS) is 50.6. The Morgan fingerprint density at radius 2 is 0.638 bits per heavy atom. The minimum Gasteiger partial charge on any atom is -0.412 e. The van der Waals surface area contributed by atoms with Gasteiger partial charge in [0.2, 0.25) is 0 Å². The van der Waals surface area contributed by atoms with Gasteiger partial charge in [-0.1, -0.05) is 0 Å². The molecular formula is C24H46O23. The van der Waals surface area contributed by atoms with Crippen molar-refractivity contribution >= 4 is 0 Å². The van der Waals surface area contributed by atoms with Crippen LogP contribution in [-0.4, -0.2) is 236 Å². The molecule has 0 spiro atoms. The van der Waals surface area contributed by atoms with E-state index in [-0.39, 0.29) is 5.48 Å². The van der Waals surface area contributed by atoms with Gasteiger partial charge in [0.25, 0.3) is 0 Å². The largest absolute Gasteiger partial charge is 0.412 e. The molecule has 23 nitrogen and oxygen atoms in total. The van der Waals surface area contributed by atoms with Gasteiger partial charge in [0, 0.05) is 0 Å². The van der Waals surface area contributed by atoms with E-state index in [1.54, 1.807) is 0 Å². The molecule has 1 unspecified atom stereocenters. The zero-order valence-corrected chi connectivity index (χ0v) is 24.5. The summed E-state index contributed by atoms with van der Waals surface area (Å²) < 4.78 is 30.5. The molecule has 4 rings (SSSR count). The topological polar surface area (TPSA) is 411 Å². The molecule has 4 saturated heterocycles. The maximum atomic E-state index is 9.94. The first-order valence-electron chi connectivity index (χ1n) is 14.2. The third kappa shape index (κ3) is 9.25. The molecule has 0 saturated carbocycles. The minimum atomic E-state index is -1.74. The maximum absolute atomic E-state index is 9.94. The quantitative estimate of drug-likeness (QED) is 0.112. The van der Waals surface area contributed by atoms with Crippen molar-refractivity contribution in [2.45, 2.75) is 123 Å². The molecule has 0 amide bonds. The molecule has 18 N–H and O–H groups in total. The molecule has 0 aliphatic carbocycles. The Morgan fingerprint density at radius 3 is 0.915 bits per heavy atom. The molecule has 4 aliphatic heterocycles. The fraction of sp³-hybridized carbons (Fsp3) is 1.00. The summed E-state index contributed by atoms with van der Waals surface area (Å²) in [6, 6.07) is 0. The van der Waals surface area contributed by atoms with E-state index in [2.05, 4.69) is 0 Å². The van der Waals surface area contributed by atoms with Crippen LogP contribution >= 0.6 is 0 Å². The van der Waals surface area contributed by atoms with Crippen molar-refractivity contribution < 1.29 is 116 Å². The minimum absolute atomic E-state index is 0. The molecule has 20 atom stereocenters. The highest BCUT2D eigenvalue weighted by Gasteiger charge is 2.51. The first-order chi connectivity index (χ1) is 21.6. The number of ether oxygens (including phenoxy) is 6. The van der Waals surface area contributed by atoms with E-state index in [4.69, 9.17) is 38.6 Å². The number of aliphatic hydroxyl groups is 16. The van der Waals surface area contributed by atoms with Gasteiger partial charge in [-0.05, 0) is 0 Å². The van der Waals surface area contributed by atoms with Crippen LogP contribution in [-0.2, 0) is 28.4 Å². The van der Waals surface area contributed by atoms with Gasteiger partial charge in [-0.25, -0.2) is 0 Å². The van der Waals surface area contributed by atoms with Crippen LogP contribution in [0.3, 0.4) is 0 Å². The highest BCUT2D eigenvalue weighted by Crippen LogP contribution is 2.30. The highest BCUT2D eigenvalue weighted by molar-refractivity contribution is 4.95. The predicted octanol–water partition coefficient (Wildman–Crippen LogP) is -11.6. The van der Waals surface area contributed by atoms with Gasteiger partial charge in [-0.3, -0.25) is 0 Å². The number of hydrogen-bond donors (Lipinski definition) is 16. The summed E-state index contributed by atoms with van der Waals surface area (Å²) in [5.74, 6) is 0. The van der Waals surface area contributed by atoms with Gasteiger partial charge >= 0.3 is 0 Å². The number of aliphatic hydroxyl groups excluding tert-OH is 16. The van der Waals surface area contributed by atoms with Crippen molar-refractivity contribution in [2.24, 2.45) is 0 Å². The number of hydrogen-bond acceptors (Lipinski definition) is 22. The fourth-order valence-electron chi connectivity index (χ4n) is 5.14. The van der Waals surface area contributed by atoms with Crippen LogP contribution in [0.5, 0.6) is 0 Å². The second-order valence-corrected chi connectivity index (χ2v) is 11.1. The molecule has 4 fully saturated rings. The molecule has 4 aliphatic rings. The third-order valence-corrected chi connectivity index (χ3v) is 7.96. The van der Waals surface area contributed by atoms with E-state index in [0.29, 0.717) is 0 Å². The van der Waals surface area contributed by atoms with Gasteiger partial charge in [0.15, 0.2) is 25.2 Å². The standard InChI is InChI=1S/2C12H22O11.H2O/c2*13-1-3-5(15)6(16)9(19)12(22-3)23-10-4(2-14)21-11(20)8(18)7(10)17;/h2*3-20H,1-2H2;1H2/t3-,4-,5+,6+,7-,8-,9-,10-,11?,12+;3-,4-,5+,6+,7-,8-,9-,10-,11+,12+;/m11./s1. The highest BCUT2D eigenvalue weighted by atomic mass is 16.7. The SMILES string of the molecule is O.OC[C@H]1O[C@@H](O[C@H]2[C@H](O)[C@@H](O)C(O)O[C@@H]2CO)[C@H](O)[C@@H](O)[C@H]1O.OC[C@H]1O[C@@H](O[C@H]2[C@H](O)[C@@H](O)[C@@H](O)O[C@@H]2CO)[C@H](O)[C@@H](O)[C@H]1O. The van der Waals surface area contributed by atoms with E-state index >= 15 is 0 Å². The lowest BCUT2D eigenvalue weighted by molar-refractivity contribution is -0.355. The van der Waals surface area contributed by atoms with Crippen molar-refractivity contribution in [2.75, 3.05) is 26.4 Å². The predicted molar refractivity (Wildman–Crippen MR) is 141 cm³/mol. The van der Waals surface area contributed by atoms with Crippen LogP contribution in [0.2, 0.25) is 0 Å². The van der Waals surface area contributed by atoms with Crippen LogP contribution in [0.1, 0.15) is 0 Å². The molecule has 0 aromatic heterocycles. The summed E-state index contributed by atoms with van der Waals surface area (Å²) in [6.07, 6.45) is -31.1. The average molecular weight is 703 g/mol. The van der Waals surface area contributed by atoms with Gasteiger partial charge in [0.1, 0.15) is 97.7 Å². The van der Waals surface area contributed by atoms with E-state index in [9.17, 15) is 71.5 Å².